The molecule has 0 aliphatic carbocycles. The fourth-order valence-corrected chi connectivity index (χ4v) is 2.72. The number of aromatic nitrogens is 2. The molecular formula is C16H18N2O3. The van der Waals surface area contributed by atoms with Gasteiger partial charge in [-0.15, -0.1) is 0 Å². The van der Waals surface area contributed by atoms with Crippen LogP contribution in [0.1, 0.15) is 46.4 Å². The molecule has 0 saturated carbocycles. The summed E-state index contributed by atoms with van der Waals surface area (Å²) in [5, 5.41) is 9.15. The zero-order valence-corrected chi connectivity index (χ0v) is 12.1. The number of nitrogens with one attached hydrogen (secondary N) is 1. The Morgan fingerprint density at radius 3 is 2.90 bits per heavy atom. The van der Waals surface area contributed by atoms with Crippen LogP contribution in [0.2, 0.25) is 0 Å². The molecule has 110 valence electrons. The van der Waals surface area contributed by atoms with Crippen molar-refractivity contribution in [2.24, 2.45) is 0 Å². The van der Waals surface area contributed by atoms with Crippen molar-refractivity contribution in [1.29, 1.82) is 0 Å². The number of imidazole rings is 1. The Bertz CT molecular complexity index is 685. The SMILES string of the molecule is Cc1ccc(C(=O)O)cc1-c1[nH]c(C2CCCO2)nc1C. The number of carboxylic acid groups (broad SMARTS) is 1. The summed E-state index contributed by atoms with van der Waals surface area (Å²) in [7, 11) is 0. The first kappa shape index (κ1) is 13.8. The zero-order chi connectivity index (χ0) is 15.0. The summed E-state index contributed by atoms with van der Waals surface area (Å²) in [6.07, 6.45) is 2.05. The largest absolute Gasteiger partial charge is 0.478 e. The second-order valence-electron chi connectivity index (χ2n) is 5.42. The molecule has 2 N–H and O–H groups in total. The molecule has 0 radical (unpaired) electrons. The van der Waals surface area contributed by atoms with E-state index in [1.165, 1.54) is 0 Å². The smallest absolute Gasteiger partial charge is 0.335 e. The van der Waals surface area contributed by atoms with Crippen LogP contribution < -0.4 is 0 Å². The number of carbonyl (C=O) groups is 1. The van der Waals surface area contributed by atoms with Crippen LogP contribution in [-0.4, -0.2) is 27.7 Å². The van der Waals surface area contributed by atoms with Crippen molar-refractivity contribution in [3.05, 3.63) is 40.8 Å². The van der Waals surface area contributed by atoms with E-state index in [9.17, 15) is 4.79 Å². The lowest BCUT2D eigenvalue weighted by Crippen LogP contribution is -1.99. The molecule has 0 amide bonds. The van der Waals surface area contributed by atoms with Gasteiger partial charge in [-0.1, -0.05) is 6.07 Å². The summed E-state index contributed by atoms with van der Waals surface area (Å²) in [5.74, 6) is -0.0899. The van der Waals surface area contributed by atoms with E-state index in [1.807, 2.05) is 19.9 Å². The van der Waals surface area contributed by atoms with E-state index in [4.69, 9.17) is 9.84 Å². The van der Waals surface area contributed by atoms with Crippen LogP contribution in [0.3, 0.4) is 0 Å². The van der Waals surface area contributed by atoms with Crippen LogP contribution in [0.5, 0.6) is 0 Å². The summed E-state index contributed by atoms with van der Waals surface area (Å²) < 4.78 is 5.65. The molecule has 1 aliphatic heterocycles. The Morgan fingerprint density at radius 2 is 2.24 bits per heavy atom. The number of hydrogen-bond acceptors (Lipinski definition) is 3. The van der Waals surface area contributed by atoms with E-state index < -0.39 is 5.97 Å². The normalized spacial score (nSPS) is 18.1. The molecule has 1 aromatic carbocycles. The lowest BCUT2D eigenvalue weighted by molar-refractivity contribution is 0.0697. The highest BCUT2D eigenvalue weighted by molar-refractivity contribution is 5.89. The second-order valence-corrected chi connectivity index (χ2v) is 5.42. The minimum Gasteiger partial charge on any atom is -0.478 e. The second kappa shape index (κ2) is 5.33. The highest BCUT2D eigenvalue weighted by Gasteiger charge is 2.23. The summed E-state index contributed by atoms with van der Waals surface area (Å²) in [5.41, 5.74) is 3.92. The number of aryl methyl sites for hydroxylation is 2. The van der Waals surface area contributed by atoms with Crippen molar-refractivity contribution in [3.8, 4) is 11.3 Å². The van der Waals surface area contributed by atoms with Crippen molar-refractivity contribution < 1.29 is 14.6 Å². The Hall–Kier alpha value is -2.14. The Balaban J connectivity index is 2.03. The van der Waals surface area contributed by atoms with E-state index in [0.29, 0.717) is 0 Å². The third-order valence-electron chi connectivity index (χ3n) is 3.89. The van der Waals surface area contributed by atoms with Gasteiger partial charge in [-0.05, 0) is 44.4 Å². The zero-order valence-electron chi connectivity index (χ0n) is 12.1. The number of ether oxygens (including phenoxy) is 1. The molecule has 3 rings (SSSR count). The third-order valence-corrected chi connectivity index (χ3v) is 3.89. The summed E-state index contributed by atoms with van der Waals surface area (Å²) in [4.78, 5) is 19.0. The number of hydrogen-bond donors (Lipinski definition) is 2. The van der Waals surface area contributed by atoms with Crippen LogP contribution in [0.25, 0.3) is 11.3 Å². The molecule has 2 aromatic rings. The van der Waals surface area contributed by atoms with Crippen molar-refractivity contribution in [3.63, 3.8) is 0 Å². The van der Waals surface area contributed by atoms with Gasteiger partial charge in [-0.3, -0.25) is 0 Å². The van der Waals surface area contributed by atoms with E-state index in [0.717, 1.165) is 47.8 Å². The fraction of sp³-hybridized carbons (Fsp3) is 0.375. The van der Waals surface area contributed by atoms with Gasteiger partial charge < -0.3 is 14.8 Å². The molecule has 1 fully saturated rings. The highest BCUT2D eigenvalue weighted by atomic mass is 16.5. The van der Waals surface area contributed by atoms with E-state index >= 15 is 0 Å². The van der Waals surface area contributed by atoms with Crippen LogP contribution in [0, 0.1) is 13.8 Å². The lowest BCUT2D eigenvalue weighted by atomic mass is 10.0. The molecule has 21 heavy (non-hydrogen) atoms. The van der Waals surface area contributed by atoms with Crippen molar-refractivity contribution in [1.82, 2.24) is 9.97 Å². The molecule has 1 unspecified atom stereocenters. The van der Waals surface area contributed by atoms with Gasteiger partial charge in [0.05, 0.1) is 17.0 Å². The molecule has 0 bridgehead atoms. The van der Waals surface area contributed by atoms with Crippen molar-refractivity contribution >= 4 is 5.97 Å². The van der Waals surface area contributed by atoms with Crippen LogP contribution in [0.15, 0.2) is 18.2 Å². The van der Waals surface area contributed by atoms with E-state index in [2.05, 4.69) is 9.97 Å². The van der Waals surface area contributed by atoms with Gasteiger partial charge >= 0.3 is 5.97 Å². The monoisotopic (exact) mass is 286 g/mol. The van der Waals surface area contributed by atoms with Gasteiger partial charge in [-0.2, -0.15) is 0 Å². The predicted octanol–water partition coefficient (Wildman–Crippen LogP) is 3.24. The molecule has 1 aliphatic rings. The minimum absolute atomic E-state index is 0.0282. The highest BCUT2D eigenvalue weighted by Crippen LogP contribution is 2.31. The maximum absolute atomic E-state index is 11.1. The summed E-state index contributed by atoms with van der Waals surface area (Å²) >= 11 is 0. The van der Waals surface area contributed by atoms with E-state index in [-0.39, 0.29) is 11.7 Å². The third kappa shape index (κ3) is 2.56. The van der Waals surface area contributed by atoms with Crippen LogP contribution in [-0.2, 0) is 4.74 Å². The number of nitrogens with zero attached hydrogens (tertiary/aromatic N) is 1. The molecule has 1 saturated heterocycles. The number of benzene rings is 1. The molecule has 5 nitrogen and oxygen atoms in total. The van der Waals surface area contributed by atoms with Gasteiger partial charge in [0, 0.05) is 12.2 Å². The molecule has 1 aromatic heterocycles. The molecular weight excluding hydrogens is 268 g/mol. The van der Waals surface area contributed by atoms with Gasteiger partial charge in [-0.25, -0.2) is 9.78 Å². The predicted molar refractivity (Wildman–Crippen MR) is 78.4 cm³/mol. The first-order valence-electron chi connectivity index (χ1n) is 7.08. The Kier molecular flexibility index (Phi) is 3.51. The molecule has 2 heterocycles. The van der Waals surface area contributed by atoms with Gasteiger partial charge in [0.15, 0.2) is 0 Å². The van der Waals surface area contributed by atoms with Crippen LogP contribution in [0.4, 0.5) is 0 Å². The Labute approximate surface area is 123 Å². The minimum atomic E-state index is -0.923. The average Bonchev–Trinajstić information content (AvgIpc) is 3.08. The summed E-state index contributed by atoms with van der Waals surface area (Å²) in [6, 6.07) is 5.14. The number of rotatable bonds is 3. The maximum atomic E-state index is 11.1. The van der Waals surface area contributed by atoms with Gasteiger partial charge in [0.2, 0.25) is 0 Å². The van der Waals surface area contributed by atoms with Crippen LogP contribution >= 0.6 is 0 Å². The summed E-state index contributed by atoms with van der Waals surface area (Å²) in [6.45, 7) is 4.66. The number of H-pyrrole nitrogens is 1. The molecule has 5 heteroatoms. The number of aromatic carboxylic acids is 1. The molecule has 1 atom stereocenters. The number of carboxylic acids is 1. The van der Waals surface area contributed by atoms with Crippen molar-refractivity contribution in [2.75, 3.05) is 6.61 Å². The number of aromatic amines is 1. The topological polar surface area (TPSA) is 75.2 Å². The molecule has 0 spiro atoms. The Morgan fingerprint density at radius 1 is 1.43 bits per heavy atom. The van der Waals surface area contributed by atoms with E-state index in [1.54, 1.807) is 12.1 Å². The van der Waals surface area contributed by atoms with Crippen molar-refractivity contribution in [2.45, 2.75) is 32.8 Å². The van der Waals surface area contributed by atoms with Gasteiger partial charge in [0.25, 0.3) is 0 Å². The first-order valence-corrected chi connectivity index (χ1v) is 7.08. The van der Waals surface area contributed by atoms with Gasteiger partial charge in [0.1, 0.15) is 11.9 Å². The lowest BCUT2D eigenvalue weighted by Gasteiger charge is -2.07. The first-order chi connectivity index (χ1) is 10.1. The maximum Gasteiger partial charge on any atom is 0.335 e. The average molecular weight is 286 g/mol. The fourth-order valence-electron chi connectivity index (χ4n) is 2.72. The quantitative estimate of drug-likeness (QED) is 0.908. The standard InChI is InChI=1S/C16H18N2O3/c1-9-5-6-11(16(19)20)8-12(9)14-10(2)17-15(18-14)13-4-3-7-21-13/h5-6,8,13H,3-4,7H2,1-2H3,(H,17,18)(H,19,20).